The molecule has 1 atom stereocenters. The zero-order valence-corrected chi connectivity index (χ0v) is 8.35. The minimum Gasteiger partial charge on any atom is -0.365 e. The van der Waals surface area contributed by atoms with Crippen LogP contribution in [-0.4, -0.2) is 38.3 Å². The fraction of sp³-hybridized carbons (Fsp3) is 0.889. The highest BCUT2D eigenvalue weighted by Crippen LogP contribution is 2.24. The Hall–Kier alpha value is -0.610. The van der Waals surface area contributed by atoms with Gasteiger partial charge in [0.2, 0.25) is 0 Å². The molecular weight excluding hydrogens is 168 g/mol. The molecule has 1 amide bonds. The van der Waals surface area contributed by atoms with Gasteiger partial charge in [-0.2, -0.15) is 0 Å². The molecule has 0 spiro atoms. The Morgan fingerprint density at radius 1 is 1.54 bits per heavy atom. The van der Waals surface area contributed by atoms with Crippen LogP contribution in [-0.2, 0) is 9.53 Å². The third kappa shape index (κ3) is 2.67. The van der Waals surface area contributed by atoms with Gasteiger partial charge in [0.25, 0.3) is 5.91 Å². The third-order valence-corrected chi connectivity index (χ3v) is 2.36. The van der Waals surface area contributed by atoms with E-state index in [0.29, 0.717) is 13.2 Å². The molecule has 1 rings (SSSR count). The Morgan fingerprint density at radius 2 is 2.31 bits per heavy atom. The van der Waals surface area contributed by atoms with Gasteiger partial charge in [0.05, 0.1) is 0 Å². The molecule has 0 aliphatic carbocycles. The van der Waals surface area contributed by atoms with Gasteiger partial charge in [0.15, 0.2) is 0 Å². The van der Waals surface area contributed by atoms with Crippen LogP contribution in [0.4, 0.5) is 0 Å². The van der Waals surface area contributed by atoms with Crippen LogP contribution in [0.1, 0.15) is 19.8 Å². The van der Waals surface area contributed by atoms with E-state index in [2.05, 4.69) is 10.6 Å². The Bertz CT molecular complexity index is 176. The van der Waals surface area contributed by atoms with E-state index in [0.717, 1.165) is 19.4 Å². The molecular formula is C9H18N2O2. The molecule has 13 heavy (non-hydrogen) atoms. The molecule has 1 saturated heterocycles. The predicted molar refractivity (Wildman–Crippen MR) is 50.5 cm³/mol. The molecule has 0 saturated carbocycles. The van der Waals surface area contributed by atoms with Gasteiger partial charge in [-0.05, 0) is 26.8 Å². The van der Waals surface area contributed by atoms with Gasteiger partial charge in [-0.25, -0.2) is 0 Å². The monoisotopic (exact) mass is 186 g/mol. The van der Waals surface area contributed by atoms with Gasteiger partial charge in [-0.1, -0.05) is 0 Å². The fourth-order valence-electron chi connectivity index (χ4n) is 1.45. The first-order valence-electron chi connectivity index (χ1n) is 4.76. The molecule has 4 nitrogen and oxygen atoms in total. The quantitative estimate of drug-likeness (QED) is 0.602. The molecule has 2 N–H and O–H groups in total. The summed E-state index contributed by atoms with van der Waals surface area (Å²) in [6.07, 6.45) is 1.81. The average Bonchev–Trinajstić information content (AvgIpc) is 2.54. The Kier molecular flexibility index (Phi) is 3.69. The average molecular weight is 186 g/mol. The summed E-state index contributed by atoms with van der Waals surface area (Å²) in [6, 6.07) is 0. The lowest BCUT2D eigenvalue weighted by atomic mass is 10.0. The third-order valence-electron chi connectivity index (χ3n) is 2.36. The number of rotatable bonds is 4. The summed E-state index contributed by atoms with van der Waals surface area (Å²) in [6.45, 7) is 4.01. The van der Waals surface area contributed by atoms with Crippen molar-refractivity contribution < 1.29 is 9.53 Å². The minimum absolute atomic E-state index is 0.0141. The Balaban J connectivity index is 2.29. The first kappa shape index (κ1) is 10.5. The maximum Gasteiger partial charge on any atom is 0.252 e. The second kappa shape index (κ2) is 4.58. The summed E-state index contributed by atoms with van der Waals surface area (Å²) in [5, 5.41) is 5.81. The number of carbonyl (C=O) groups is 1. The van der Waals surface area contributed by atoms with Crippen LogP contribution >= 0.6 is 0 Å². The second-order valence-corrected chi connectivity index (χ2v) is 3.54. The van der Waals surface area contributed by atoms with E-state index in [4.69, 9.17) is 4.74 Å². The van der Waals surface area contributed by atoms with Crippen molar-refractivity contribution in [1.29, 1.82) is 0 Å². The molecule has 4 heteroatoms. The number of hydrogen-bond donors (Lipinski definition) is 2. The Labute approximate surface area is 79.0 Å². The van der Waals surface area contributed by atoms with Crippen molar-refractivity contribution in [2.24, 2.45) is 0 Å². The topological polar surface area (TPSA) is 50.4 Å². The summed E-state index contributed by atoms with van der Waals surface area (Å²) in [7, 11) is 1.86. The molecule has 76 valence electrons. The van der Waals surface area contributed by atoms with E-state index >= 15 is 0 Å². The minimum atomic E-state index is -0.576. The summed E-state index contributed by atoms with van der Waals surface area (Å²) in [4.78, 5) is 11.6. The highest BCUT2D eigenvalue weighted by Gasteiger charge is 2.37. The van der Waals surface area contributed by atoms with Gasteiger partial charge >= 0.3 is 0 Å². The number of carbonyl (C=O) groups excluding carboxylic acids is 1. The van der Waals surface area contributed by atoms with E-state index in [-0.39, 0.29) is 5.91 Å². The van der Waals surface area contributed by atoms with E-state index in [1.165, 1.54) is 0 Å². The Morgan fingerprint density at radius 3 is 2.85 bits per heavy atom. The van der Waals surface area contributed by atoms with Gasteiger partial charge in [-0.3, -0.25) is 4.79 Å². The maximum atomic E-state index is 11.6. The van der Waals surface area contributed by atoms with Crippen molar-refractivity contribution in [3.63, 3.8) is 0 Å². The summed E-state index contributed by atoms with van der Waals surface area (Å²) >= 11 is 0. The number of nitrogens with one attached hydrogen (secondary N) is 2. The maximum absolute atomic E-state index is 11.6. The lowest BCUT2D eigenvalue weighted by molar-refractivity contribution is -0.139. The van der Waals surface area contributed by atoms with Gasteiger partial charge in [0.1, 0.15) is 5.60 Å². The summed E-state index contributed by atoms with van der Waals surface area (Å²) in [5.74, 6) is 0.0141. The summed E-state index contributed by atoms with van der Waals surface area (Å²) < 4.78 is 5.40. The number of ether oxygens (including phenoxy) is 1. The number of amides is 1. The van der Waals surface area contributed by atoms with Crippen molar-refractivity contribution in [2.75, 3.05) is 26.7 Å². The molecule has 0 aromatic rings. The van der Waals surface area contributed by atoms with Crippen LogP contribution < -0.4 is 10.6 Å². The largest absolute Gasteiger partial charge is 0.365 e. The predicted octanol–water partition coefficient (Wildman–Crippen LogP) is -0.109. The number of likely N-dealkylation sites (N-methyl/N-ethyl adjacent to an activating group) is 1. The SMILES string of the molecule is CNCCNC(=O)C1(C)CCCO1. The first-order valence-corrected chi connectivity index (χ1v) is 4.76. The molecule has 0 bridgehead atoms. The highest BCUT2D eigenvalue weighted by atomic mass is 16.5. The molecule has 1 fully saturated rings. The molecule has 1 aliphatic rings. The van der Waals surface area contributed by atoms with E-state index < -0.39 is 5.60 Å². The smallest absolute Gasteiger partial charge is 0.252 e. The van der Waals surface area contributed by atoms with Crippen LogP contribution in [0.2, 0.25) is 0 Å². The van der Waals surface area contributed by atoms with Crippen LogP contribution in [0, 0.1) is 0 Å². The first-order chi connectivity index (χ1) is 6.19. The molecule has 1 aliphatic heterocycles. The zero-order valence-electron chi connectivity index (χ0n) is 8.35. The van der Waals surface area contributed by atoms with Crippen LogP contribution in [0.3, 0.4) is 0 Å². The molecule has 0 radical (unpaired) electrons. The van der Waals surface area contributed by atoms with E-state index in [9.17, 15) is 4.79 Å². The van der Waals surface area contributed by atoms with E-state index in [1.807, 2.05) is 14.0 Å². The van der Waals surface area contributed by atoms with Crippen molar-refractivity contribution in [1.82, 2.24) is 10.6 Å². The summed E-state index contributed by atoms with van der Waals surface area (Å²) in [5.41, 5.74) is -0.576. The van der Waals surface area contributed by atoms with Crippen LogP contribution in [0.5, 0.6) is 0 Å². The van der Waals surface area contributed by atoms with Crippen molar-refractivity contribution >= 4 is 5.91 Å². The van der Waals surface area contributed by atoms with E-state index in [1.54, 1.807) is 0 Å². The standard InChI is InChI=1S/C9H18N2O2/c1-9(4-3-7-13-9)8(12)11-6-5-10-2/h10H,3-7H2,1-2H3,(H,11,12). The molecule has 0 aromatic carbocycles. The van der Waals surface area contributed by atoms with Gasteiger partial charge in [-0.15, -0.1) is 0 Å². The lowest BCUT2D eigenvalue weighted by Gasteiger charge is -2.21. The van der Waals surface area contributed by atoms with Gasteiger partial charge in [0, 0.05) is 19.7 Å². The molecule has 1 heterocycles. The van der Waals surface area contributed by atoms with Gasteiger partial charge < -0.3 is 15.4 Å². The molecule has 1 unspecified atom stereocenters. The zero-order chi connectivity index (χ0) is 9.73. The highest BCUT2D eigenvalue weighted by molar-refractivity contribution is 5.84. The number of hydrogen-bond acceptors (Lipinski definition) is 3. The lowest BCUT2D eigenvalue weighted by Crippen LogP contribution is -2.45. The second-order valence-electron chi connectivity index (χ2n) is 3.54. The van der Waals surface area contributed by atoms with Crippen molar-refractivity contribution in [2.45, 2.75) is 25.4 Å². The molecule has 0 aromatic heterocycles. The van der Waals surface area contributed by atoms with Crippen molar-refractivity contribution in [3.05, 3.63) is 0 Å². The normalized spacial score (nSPS) is 27.5. The fourth-order valence-corrected chi connectivity index (χ4v) is 1.45. The van der Waals surface area contributed by atoms with Crippen LogP contribution in [0.15, 0.2) is 0 Å². The van der Waals surface area contributed by atoms with Crippen molar-refractivity contribution in [3.8, 4) is 0 Å². The van der Waals surface area contributed by atoms with Crippen LogP contribution in [0.25, 0.3) is 0 Å².